The molecule has 0 atom stereocenters. The molecule has 1 aromatic heterocycles. The van der Waals surface area contributed by atoms with E-state index in [1.54, 1.807) is 52.9 Å². The summed E-state index contributed by atoms with van der Waals surface area (Å²) in [5, 5.41) is 3.95. The number of aromatic nitrogens is 2. The zero-order valence-corrected chi connectivity index (χ0v) is 12.7. The van der Waals surface area contributed by atoms with Crippen LogP contribution in [-0.4, -0.2) is 15.7 Å². The van der Waals surface area contributed by atoms with Crippen molar-refractivity contribution in [3.8, 4) is 0 Å². The van der Waals surface area contributed by atoms with E-state index in [-0.39, 0.29) is 12.3 Å². The van der Waals surface area contributed by atoms with Crippen LogP contribution in [0.1, 0.15) is 28.2 Å². The average Bonchev–Trinajstić information content (AvgIpc) is 2.71. The smallest absolute Gasteiger partial charge is 0.338 e. The summed E-state index contributed by atoms with van der Waals surface area (Å²) in [5.41, 5.74) is 0.566. The highest BCUT2D eigenvalue weighted by Gasteiger charge is 2.22. The van der Waals surface area contributed by atoms with Gasteiger partial charge in [-0.3, -0.25) is 4.68 Å². The number of hydrogen-bond acceptors (Lipinski definition) is 3. The molecule has 106 valence electrons. The number of carbonyl (C=O) groups excluding carboxylic acids is 1. The number of ether oxygens (including phenoxy) is 1. The first-order chi connectivity index (χ1) is 9.50. The number of aryl methyl sites for hydroxylation is 1. The van der Waals surface area contributed by atoms with E-state index in [2.05, 4.69) is 5.10 Å². The number of rotatable bonds is 4. The molecule has 0 amide bonds. The summed E-state index contributed by atoms with van der Waals surface area (Å²) >= 11 is 1.78. The van der Waals surface area contributed by atoms with Crippen molar-refractivity contribution in [1.82, 2.24) is 9.78 Å². The summed E-state index contributed by atoms with van der Waals surface area (Å²) in [5.74, 6) is -0.509. The molecule has 0 spiro atoms. The second-order valence-electron chi connectivity index (χ2n) is 4.01. The van der Waals surface area contributed by atoms with Crippen molar-refractivity contribution in [2.24, 2.45) is 7.05 Å². The van der Waals surface area contributed by atoms with Crippen molar-refractivity contribution in [2.45, 2.75) is 13.0 Å². The van der Waals surface area contributed by atoms with E-state index in [0.717, 1.165) is 4.68 Å². The Labute approximate surface area is 127 Å². The summed E-state index contributed by atoms with van der Waals surface area (Å²) in [6.45, 7) is -0.132. The third-order valence-corrected chi connectivity index (χ3v) is 3.83. The first-order valence-electron chi connectivity index (χ1n) is 5.72. The normalized spacial score (nSPS) is 10.8. The molecular formula is C13H11F2IN2O2. The molecule has 0 radical (unpaired) electrons. The Kier molecular flexibility index (Phi) is 4.69. The Morgan fingerprint density at radius 2 is 2.05 bits per heavy atom. The van der Waals surface area contributed by atoms with Crippen LogP contribution in [0, 0.1) is 3.57 Å². The number of esters is 1. The van der Waals surface area contributed by atoms with Crippen LogP contribution in [0.2, 0.25) is 0 Å². The molecule has 0 saturated carbocycles. The van der Waals surface area contributed by atoms with E-state index >= 15 is 0 Å². The van der Waals surface area contributed by atoms with Crippen molar-refractivity contribution >= 4 is 28.6 Å². The molecule has 0 fully saturated rings. The Bertz CT molecular complexity index is 614. The Hall–Kier alpha value is -1.51. The number of halogens is 3. The second-order valence-corrected chi connectivity index (χ2v) is 5.09. The second kappa shape index (κ2) is 6.29. The van der Waals surface area contributed by atoms with E-state index in [1.165, 1.54) is 7.05 Å². The van der Waals surface area contributed by atoms with Crippen molar-refractivity contribution in [2.75, 3.05) is 0 Å². The van der Waals surface area contributed by atoms with Crippen LogP contribution < -0.4 is 0 Å². The Balaban J connectivity index is 2.09. The highest BCUT2D eigenvalue weighted by atomic mass is 127. The van der Waals surface area contributed by atoms with Crippen molar-refractivity contribution in [3.63, 3.8) is 0 Å². The fraction of sp³-hybridized carbons (Fsp3) is 0.231. The van der Waals surface area contributed by atoms with Gasteiger partial charge in [-0.25, -0.2) is 13.6 Å². The molecule has 0 unspecified atom stereocenters. The molecule has 0 aliphatic carbocycles. The molecule has 0 aliphatic rings. The van der Waals surface area contributed by atoms with E-state index in [1.807, 2.05) is 0 Å². The summed E-state index contributed by atoms with van der Waals surface area (Å²) < 4.78 is 32.1. The van der Waals surface area contributed by atoms with Gasteiger partial charge in [0.1, 0.15) is 18.0 Å². The summed E-state index contributed by atoms with van der Waals surface area (Å²) in [4.78, 5) is 11.7. The number of hydrogen-bond donors (Lipinski definition) is 0. The summed E-state index contributed by atoms with van der Waals surface area (Å²) in [6, 6.07) is 8.46. The molecule has 7 heteroatoms. The van der Waals surface area contributed by atoms with Gasteiger partial charge in [-0.15, -0.1) is 0 Å². The largest absolute Gasteiger partial charge is 0.455 e. The van der Waals surface area contributed by atoms with Crippen LogP contribution in [0.15, 0.2) is 30.3 Å². The molecule has 1 aromatic carbocycles. The van der Waals surface area contributed by atoms with Gasteiger partial charge in [0.25, 0.3) is 6.43 Å². The van der Waals surface area contributed by atoms with Crippen LogP contribution in [0.3, 0.4) is 0 Å². The highest BCUT2D eigenvalue weighted by Crippen LogP contribution is 2.26. The van der Waals surface area contributed by atoms with Gasteiger partial charge in [0, 0.05) is 7.05 Å². The lowest BCUT2D eigenvalue weighted by atomic mass is 10.2. The fourth-order valence-corrected chi connectivity index (χ4v) is 2.54. The van der Waals surface area contributed by atoms with Gasteiger partial charge in [0.05, 0.1) is 9.13 Å². The lowest BCUT2D eigenvalue weighted by Crippen LogP contribution is -2.06. The van der Waals surface area contributed by atoms with Gasteiger partial charge in [-0.05, 0) is 34.7 Å². The molecular weight excluding hydrogens is 381 g/mol. The molecule has 4 nitrogen and oxygen atoms in total. The minimum Gasteiger partial charge on any atom is -0.455 e. The van der Waals surface area contributed by atoms with Crippen molar-refractivity contribution in [1.29, 1.82) is 0 Å². The predicted octanol–water partition coefficient (Wildman–Crippen LogP) is 3.32. The Morgan fingerprint density at radius 3 is 2.60 bits per heavy atom. The van der Waals surface area contributed by atoms with Gasteiger partial charge in [-0.2, -0.15) is 5.10 Å². The standard InChI is InChI=1S/C13H11F2IN2O2/c1-18-11(12(14)15)10(16)9(17-18)7-20-13(19)8-5-3-2-4-6-8/h2-6,12H,7H2,1H3. The van der Waals surface area contributed by atoms with Crippen LogP contribution >= 0.6 is 22.6 Å². The number of nitrogens with zero attached hydrogens (tertiary/aromatic N) is 2. The van der Waals surface area contributed by atoms with Crippen LogP contribution in [0.25, 0.3) is 0 Å². The maximum absolute atomic E-state index is 12.8. The topological polar surface area (TPSA) is 44.1 Å². The maximum Gasteiger partial charge on any atom is 0.338 e. The van der Waals surface area contributed by atoms with Gasteiger partial charge in [0.15, 0.2) is 0 Å². The van der Waals surface area contributed by atoms with Gasteiger partial charge >= 0.3 is 5.97 Å². The average molecular weight is 392 g/mol. The minimum absolute atomic E-state index is 0.132. The number of carbonyl (C=O) groups is 1. The first-order valence-corrected chi connectivity index (χ1v) is 6.80. The molecule has 0 bridgehead atoms. The van der Waals surface area contributed by atoms with Crippen molar-refractivity contribution in [3.05, 3.63) is 50.9 Å². The molecule has 0 saturated heterocycles. The number of benzene rings is 1. The summed E-state index contributed by atoms with van der Waals surface area (Å²) in [6.07, 6.45) is -2.61. The van der Waals surface area contributed by atoms with Crippen LogP contribution in [0.4, 0.5) is 8.78 Å². The van der Waals surface area contributed by atoms with Crippen LogP contribution in [0.5, 0.6) is 0 Å². The monoisotopic (exact) mass is 392 g/mol. The lowest BCUT2D eigenvalue weighted by molar-refractivity contribution is 0.0466. The molecule has 2 aromatic rings. The van der Waals surface area contributed by atoms with E-state index < -0.39 is 12.4 Å². The minimum atomic E-state index is -2.61. The van der Waals surface area contributed by atoms with E-state index in [4.69, 9.17) is 4.74 Å². The SMILES string of the molecule is Cn1nc(COC(=O)c2ccccc2)c(I)c1C(F)F. The molecule has 20 heavy (non-hydrogen) atoms. The molecule has 0 aliphatic heterocycles. The predicted molar refractivity (Wildman–Crippen MR) is 76.4 cm³/mol. The van der Waals surface area contributed by atoms with E-state index in [9.17, 15) is 13.6 Å². The zero-order valence-electron chi connectivity index (χ0n) is 10.5. The maximum atomic E-state index is 12.8. The lowest BCUT2D eigenvalue weighted by Gasteiger charge is -2.03. The van der Waals surface area contributed by atoms with Gasteiger partial charge < -0.3 is 4.74 Å². The molecule has 0 N–H and O–H groups in total. The zero-order chi connectivity index (χ0) is 14.7. The molecule has 1 heterocycles. The Morgan fingerprint density at radius 1 is 1.40 bits per heavy atom. The van der Waals surface area contributed by atoms with Gasteiger partial charge in [-0.1, -0.05) is 18.2 Å². The molecule has 2 rings (SSSR count). The van der Waals surface area contributed by atoms with Gasteiger partial charge in [0.2, 0.25) is 0 Å². The first kappa shape index (κ1) is 14.9. The van der Waals surface area contributed by atoms with Crippen molar-refractivity contribution < 1.29 is 18.3 Å². The van der Waals surface area contributed by atoms with E-state index in [0.29, 0.717) is 14.8 Å². The highest BCUT2D eigenvalue weighted by molar-refractivity contribution is 14.1. The summed E-state index contributed by atoms with van der Waals surface area (Å²) in [7, 11) is 1.44. The third kappa shape index (κ3) is 3.14. The quantitative estimate of drug-likeness (QED) is 0.593. The van der Waals surface area contributed by atoms with Crippen LogP contribution in [-0.2, 0) is 18.4 Å². The fourth-order valence-electron chi connectivity index (χ4n) is 1.69. The third-order valence-electron chi connectivity index (χ3n) is 2.65. The number of alkyl halides is 2.